The Kier molecular flexibility index (Phi) is 8.85. The van der Waals surface area contributed by atoms with Gasteiger partial charge in [-0.1, -0.05) is 56.3 Å². The van der Waals surface area contributed by atoms with E-state index in [0.717, 1.165) is 33.3 Å². The van der Waals surface area contributed by atoms with Crippen molar-refractivity contribution in [3.8, 4) is 11.3 Å². The Morgan fingerprint density at radius 1 is 1.09 bits per heavy atom. The molecule has 0 aliphatic carbocycles. The highest BCUT2D eigenvalue weighted by atomic mass is 32.2. The zero-order valence-corrected chi connectivity index (χ0v) is 21.8. The highest BCUT2D eigenvalue weighted by Gasteiger charge is 2.20. The second-order valence-electron chi connectivity index (χ2n) is 8.62. The molecule has 34 heavy (non-hydrogen) atoms. The summed E-state index contributed by atoms with van der Waals surface area (Å²) in [5, 5.41) is 0.839. The summed E-state index contributed by atoms with van der Waals surface area (Å²) in [5.74, 6) is 0.209. The van der Waals surface area contributed by atoms with Gasteiger partial charge in [0.2, 0.25) is 0 Å². The summed E-state index contributed by atoms with van der Waals surface area (Å²) in [6.45, 7) is 7.62. The van der Waals surface area contributed by atoms with E-state index in [4.69, 9.17) is 9.72 Å². The van der Waals surface area contributed by atoms with Crippen LogP contribution in [0.25, 0.3) is 11.3 Å². The molecule has 3 aromatic rings. The second-order valence-corrected chi connectivity index (χ2v) is 11.7. The van der Waals surface area contributed by atoms with Gasteiger partial charge in [0.15, 0.2) is 15.0 Å². The molecule has 0 aliphatic heterocycles. The lowest BCUT2D eigenvalue weighted by Gasteiger charge is -2.21. The lowest BCUT2D eigenvalue weighted by atomic mass is 10.1. The third-order valence-electron chi connectivity index (χ3n) is 5.21. The summed E-state index contributed by atoms with van der Waals surface area (Å²) in [6, 6.07) is 17.0. The van der Waals surface area contributed by atoms with Gasteiger partial charge in [0.1, 0.15) is 0 Å². The number of hydrogen-bond donors (Lipinski definition) is 0. The van der Waals surface area contributed by atoms with Crippen LogP contribution in [0.4, 0.5) is 5.13 Å². The van der Waals surface area contributed by atoms with Crippen LogP contribution < -0.4 is 4.90 Å². The standard InChI is InChI=1S/C26H32N2O4S2/c1-5-32-24(29)15-16-28(18-20-9-7-6-8-10-20)26-27-25(23(33-26)17-19(2)3)21-11-13-22(14-12-21)34(4,30)31/h6-14,19H,5,15-18H2,1-4H3. The van der Waals surface area contributed by atoms with Gasteiger partial charge in [-0.2, -0.15) is 0 Å². The number of thiazole rings is 1. The lowest BCUT2D eigenvalue weighted by Crippen LogP contribution is -2.26. The topological polar surface area (TPSA) is 76.6 Å². The maximum atomic E-state index is 12.1. The van der Waals surface area contributed by atoms with Crippen LogP contribution in [0, 0.1) is 5.92 Å². The molecule has 0 N–H and O–H groups in total. The Morgan fingerprint density at radius 3 is 2.35 bits per heavy atom. The predicted octanol–water partition coefficient (Wildman–Crippen LogP) is 5.37. The van der Waals surface area contributed by atoms with Gasteiger partial charge in [-0.15, -0.1) is 11.3 Å². The van der Waals surface area contributed by atoms with Gasteiger partial charge < -0.3 is 9.64 Å². The van der Waals surface area contributed by atoms with Crippen LogP contribution in [0.5, 0.6) is 0 Å². The predicted molar refractivity (Wildman–Crippen MR) is 138 cm³/mol. The monoisotopic (exact) mass is 500 g/mol. The minimum atomic E-state index is -3.26. The van der Waals surface area contributed by atoms with E-state index in [-0.39, 0.29) is 17.3 Å². The number of anilines is 1. The van der Waals surface area contributed by atoms with E-state index in [9.17, 15) is 13.2 Å². The molecule has 0 saturated carbocycles. The smallest absolute Gasteiger partial charge is 0.307 e. The number of esters is 1. The van der Waals surface area contributed by atoms with Crippen LogP contribution in [0.2, 0.25) is 0 Å². The molecule has 0 bridgehead atoms. The first-order chi connectivity index (χ1) is 16.2. The summed E-state index contributed by atoms with van der Waals surface area (Å²) in [6.07, 6.45) is 2.34. The van der Waals surface area contributed by atoms with E-state index in [1.807, 2.05) is 30.3 Å². The number of ether oxygens (including phenoxy) is 1. The molecule has 0 atom stereocenters. The molecular formula is C26H32N2O4S2. The van der Waals surface area contributed by atoms with Crippen molar-refractivity contribution in [1.29, 1.82) is 0 Å². The van der Waals surface area contributed by atoms with Crippen molar-refractivity contribution in [1.82, 2.24) is 4.98 Å². The lowest BCUT2D eigenvalue weighted by molar-refractivity contribution is -0.142. The fraction of sp³-hybridized carbons (Fsp3) is 0.385. The summed E-state index contributed by atoms with van der Waals surface area (Å²) in [5.41, 5.74) is 2.88. The molecule has 2 aromatic carbocycles. The maximum Gasteiger partial charge on any atom is 0.307 e. The van der Waals surface area contributed by atoms with Crippen LogP contribution in [0.15, 0.2) is 59.5 Å². The average molecular weight is 501 g/mol. The number of hydrogen-bond acceptors (Lipinski definition) is 7. The first kappa shape index (κ1) is 25.9. The number of rotatable bonds is 11. The number of benzene rings is 2. The summed E-state index contributed by atoms with van der Waals surface area (Å²) in [4.78, 5) is 20.6. The minimum Gasteiger partial charge on any atom is -0.466 e. The normalized spacial score (nSPS) is 11.6. The molecule has 0 unspecified atom stereocenters. The van der Waals surface area contributed by atoms with Crippen LogP contribution in [-0.4, -0.2) is 38.8 Å². The van der Waals surface area contributed by atoms with Crippen molar-refractivity contribution >= 4 is 32.3 Å². The Labute approximate surface area is 206 Å². The largest absolute Gasteiger partial charge is 0.466 e. The number of carbonyl (C=O) groups excluding carboxylic acids is 1. The van der Waals surface area contributed by atoms with E-state index < -0.39 is 9.84 Å². The van der Waals surface area contributed by atoms with Gasteiger partial charge in [-0.3, -0.25) is 4.79 Å². The van der Waals surface area contributed by atoms with Crippen LogP contribution >= 0.6 is 11.3 Å². The minimum absolute atomic E-state index is 0.226. The summed E-state index contributed by atoms with van der Waals surface area (Å²) < 4.78 is 28.9. The first-order valence-corrected chi connectivity index (χ1v) is 14.1. The zero-order valence-electron chi connectivity index (χ0n) is 20.2. The van der Waals surface area contributed by atoms with E-state index >= 15 is 0 Å². The Morgan fingerprint density at radius 2 is 1.76 bits per heavy atom. The molecule has 3 rings (SSSR count). The molecule has 8 heteroatoms. The van der Waals surface area contributed by atoms with Gasteiger partial charge >= 0.3 is 5.97 Å². The van der Waals surface area contributed by atoms with Crippen molar-refractivity contribution in [3.63, 3.8) is 0 Å². The van der Waals surface area contributed by atoms with Gasteiger partial charge in [0.05, 0.1) is 23.6 Å². The number of carbonyl (C=O) groups is 1. The molecule has 0 fully saturated rings. The fourth-order valence-electron chi connectivity index (χ4n) is 3.57. The molecule has 0 saturated heterocycles. The van der Waals surface area contributed by atoms with Crippen LogP contribution in [0.1, 0.15) is 37.6 Å². The number of nitrogens with zero attached hydrogens (tertiary/aromatic N) is 2. The molecule has 1 heterocycles. The van der Waals surface area contributed by atoms with Gasteiger partial charge in [-0.25, -0.2) is 13.4 Å². The molecule has 182 valence electrons. The summed E-state index contributed by atoms with van der Waals surface area (Å²) >= 11 is 1.63. The third kappa shape index (κ3) is 7.14. The fourth-order valence-corrected chi connectivity index (χ4v) is 5.52. The maximum absolute atomic E-state index is 12.1. The Hall–Kier alpha value is -2.71. The average Bonchev–Trinajstić information content (AvgIpc) is 3.20. The van der Waals surface area contributed by atoms with E-state index in [1.54, 1.807) is 30.4 Å². The van der Waals surface area contributed by atoms with Crippen LogP contribution in [0.3, 0.4) is 0 Å². The highest BCUT2D eigenvalue weighted by Crippen LogP contribution is 2.36. The molecule has 0 spiro atoms. The molecule has 0 radical (unpaired) electrons. The summed E-state index contributed by atoms with van der Waals surface area (Å²) in [7, 11) is -3.26. The van der Waals surface area contributed by atoms with Crippen LogP contribution in [-0.2, 0) is 32.3 Å². The van der Waals surface area contributed by atoms with Gasteiger partial charge in [0, 0.05) is 29.8 Å². The van der Waals surface area contributed by atoms with E-state index in [1.165, 1.54) is 6.26 Å². The second kappa shape index (κ2) is 11.6. The Balaban J connectivity index is 1.97. The molecule has 6 nitrogen and oxygen atoms in total. The zero-order chi connectivity index (χ0) is 24.7. The molecular weight excluding hydrogens is 468 g/mol. The number of aromatic nitrogens is 1. The van der Waals surface area contributed by atoms with E-state index in [0.29, 0.717) is 25.6 Å². The first-order valence-electron chi connectivity index (χ1n) is 11.4. The molecule has 1 aromatic heterocycles. The van der Waals surface area contributed by atoms with Crippen molar-refractivity contribution in [2.45, 2.75) is 45.1 Å². The third-order valence-corrected chi connectivity index (χ3v) is 7.48. The van der Waals surface area contributed by atoms with Gasteiger partial charge in [0.25, 0.3) is 0 Å². The highest BCUT2D eigenvalue weighted by molar-refractivity contribution is 7.90. The van der Waals surface area contributed by atoms with Crippen molar-refractivity contribution in [2.24, 2.45) is 5.92 Å². The quantitative estimate of drug-likeness (QED) is 0.329. The molecule has 0 amide bonds. The van der Waals surface area contributed by atoms with Crippen molar-refractivity contribution in [3.05, 3.63) is 65.0 Å². The van der Waals surface area contributed by atoms with Crippen molar-refractivity contribution < 1.29 is 17.9 Å². The number of sulfone groups is 1. The SMILES string of the molecule is CCOC(=O)CCN(Cc1ccccc1)c1nc(-c2ccc(S(C)(=O)=O)cc2)c(CC(C)C)s1. The molecule has 0 aliphatic rings. The van der Waals surface area contributed by atoms with Crippen molar-refractivity contribution in [2.75, 3.05) is 24.3 Å². The van der Waals surface area contributed by atoms with Gasteiger partial charge in [-0.05, 0) is 37.0 Å². The Bertz CT molecular complexity index is 1190. The van der Waals surface area contributed by atoms with E-state index in [2.05, 4.69) is 30.9 Å².